The Morgan fingerprint density at radius 2 is 1.46 bits per heavy atom. The molecule has 0 radical (unpaired) electrons. The number of phenolic OH excluding ortho intramolecular Hbond substituents is 1. The fourth-order valence-corrected chi connectivity index (χ4v) is 2.89. The smallest absolute Gasteiger partial charge is 0.160 e. The molecule has 134 valence electrons. The second-order valence-corrected chi connectivity index (χ2v) is 6.05. The minimum atomic E-state index is 0.152. The van der Waals surface area contributed by atoms with Crippen LogP contribution in [0.15, 0.2) is 72.8 Å². The molecule has 3 aromatic carbocycles. The van der Waals surface area contributed by atoms with E-state index in [0.29, 0.717) is 12.3 Å². The molecule has 0 spiro atoms. The number of nitrogens with zero attached hydrogens (tertiary/aromatic N) is 1. The van der Waals surface area contributed by atoms with Crippen molar-refractivity contribution in [2.75, 3.05) is 19.1 Å². The van der Waals surface area contributed by atoms with E-state index in [4.69, 9.17) is 9.47 Å². The molecular weight excluding hydrogens is 326 g/mol. The van der Waals surface area contributed by atoms with Crippen LogP contribution in [0.5, 0.6) is 17.2 Å². The molecule has 0 aliphatic heterocycles. The van der Waals surface area contributed by atoms with Crippen molar-refractivity contribution in [2.45, 2.75) is 13.1 Å². The van der Waals surface area contributed by atoms with Gasteiger partial charge in [-0.1, -0.05) is 36.4 Å². The van der Waals surface area contributed by atoms with Gasteiger partial charge in [0.05, 0.1) is 14.2 Å². The minimum absolute atomic E-state index is 0.152. The highest BCUT2D eigenvalue weighted by Crippen LogP contribution is 2.29. The minimum Gasteiger partial charge on any atom is -0.504 e. The van der Waals surface area contributed by atoms with Gasteiger partial charge < -0.3 is 19.5 Å². The molecule has 4 nitrogen and oxygen atoms in total. The van der Waals surface area contributed by atoms with Crippen molar-refractivity contribution in [1.29, 1.82) is 0 Å². The van der Waals surface area contributed by atoms with Crippen LogP contribution in [0, 0.1) is 0 Å². The number of aromatic hydroxyl groups is 1. The maximum Gasteiger partial charge on any atom is 0.160 e. The summed E-state index contributed by atoms with van der Waals surface area (Å²) in [5.74, 6) is 1.46. The van der Waals surface area contributed by atoms with E-state index in [-0.39, 0.29) is 5.75 Å². The number of methoxy groups -OCH3 is 2. The summed E-state index contributed by atoms with van der Waals surface area (Å²) >= 11 is 0. The average Bonchev–Trinajstić information content (AvgIpc) is 2.68. The van der Waals surface area contributed by atoms with Crippen LogP contribution in [0.2, 0.25) is 0 Å². The Kier molecular flexibility index (Phi) is 5.64. The van der Waals surface area contributed by atoms with E-state index in [9.17, 15) is 5.11 Å². The summed E-state index contributed by atoms with van der Waals surface area (Å²) in [5.41, 5.74) is 3.32. The third-order valence-electron chi connectivity index (χ3n) is 4.27. The number of phenols is 1. The van der Waals surface area contributed by atoms with Crippen molar-refractivity contribution in [3.8, 4) is 17.2 Å². The van der Waals surface area contributed by atoms with Gasteiger partial charge in [0.1, 0.15) is 5.75 Å². The summed E-state index contributed by atoms with van der Waals surface area (Å²) in [4.78, 5) is 2.26. The Morgan fingerprint density at radius 3 is 2.08 bits per heavy atom. The van der Waals surface area contributed by atoms with Crippen molar-refractivity contribution in [3.63, 3.8) is 0 Å². The molecule has 0 aliphatic rings. The van der Waals surface area contributed by atoms with E-state index in [0.717, 1.165) is 23.5 Å². The molecule has 0 aromatic heterocycles. The van der Waals surface area contributed by atoms with Gasteiger partial charge in [0.15, 0.2) is 11.5 Å². The van der Waals surface area contributed by atoms with Gasteiger partial charge in [-0.3, -0.25) is 0 Å². The fourth-order valence-electron chi connectivity index (χ4n) is 2.89. The molecular formula is C22H23NO3. The lowest BCUT2D eigenvalue weighted by atomic mass is 10.1. The highest BCUT2D eigenvalue weighted by molar-refractivity contribution is 5.51. The molecule has 0 amide bonds. The summed E-state index contributed by atoms with van der Waals surface area (Å²) < 4.78 is 10.4. The quantitative estimate of drug-likeness (QED) is 0.676. The molecule has 0 atom stereocenters. The van der Waals surface area contributed by atoms with E-state index < -0.39 is 0 Å². The summed E-state index contributed by atoms with van der Waals surface area (Å²) in [6.45, 7) is 1.43. The van der Waals surface area contributed by atoms with Crippen molar-refractivity contribution in [1.82, 2.24) is 0 Å². The molecule has 3 aromatic rings. The van der Waals surface area contributed by atoms with Crippen LogP contribution in [-0.4, -0.2) is 19.3 Å². The van der Waals surface area contributed by atoms with Crippen molar-refractivity contribution in [2.24, 2.45) is 0 Å². The normalized spacial score (nSPS) is 10.4. The average molecular weight is 349 g/mol. The summed E-state index contributed by atoms with van der Waals surface area (Å²) in [6.07, 6.45) is 0. The van der Waals surface area contributed by atoms with Gasteiger partial charge in [-0.05, 0) is 47.5 Å². The highest BCUT2D eigenvalue weighted by Gasteiger charge is 2.11. The lowest BCUT2D eigenvalue weighted by Gasteiger charge is -2.25. The van der Waals surface area contributed by atoms with Crippen LogP contribution < -0.4 is 14.4 Å². The van der Waals surface area contributed by atoms with E-state index >= 15 is 0 Å². The number of hydrogen-bond acceptors (Lipinski definition) is 4. The Hall–Kier alpha value is -3.14. The zero-order valence-corrected chi connectivity index (χ0v) is 15.1. The van der Waals surface area contributed by atoms with E-state index in [2.05, 4.69) is 17.0 Å². The molecule has 0 aliphatic carbocycles. The van der Waals surface area contributed by atoms with Crippen LogP contribution in [-0.2, 0) is 13.1 Å². The molecule has 0 saturated carbocycles. The molecule has 3 rings (SSSR count). The number of anilines is 1. The number of rotatable bonds is 7. The molecule has 0 saturated heterocycles. The first-order chi connectivity index (χ1) is 12.7. The standard InChI is InChI=1S/C22H23NO3/c1-25-20-11-9-19(10-12-20)23(15-17-6-4-3-5-7-17)16-18-8-13-22(26-2)21(24)14-18/h3-14,24H,15-16H2,1-2H3. The molecule has 1 N–H and O–H groups in total. The molecule has 0 unspecified atom stereocenters. The summed E-state index contributed by atoms with van der Waals surface area (Å²) in [7, 11) is 3.21. The van der Waals surface area contributed by atoms with Gasteiger partial charge in [0.2, 0.25) is 0 Å². The lowest BCUT2D eigenvalue weighted by molar-refractivity contribution is 0.373. The second-order valence-electron chi connectivity index (χ2n) is 6.05. The highest BCUT2D eigenvalue weighted by atomic mass is 16.5. The van der Waals surface area contributed by atoms with E-state index in [1.54, 1.807) is 26.4 Å². The van der Waals surface area contributed by atoms with Gasteiger partial charge in [-0.2, -0.15) is 0 Å². The first-order valence-corrected chi connectivity index (χ1v) is 8.48. The monoisotopic (exact) mass is 349 g/mol. The maximum absolute atomic E-state index is 10.1. The van der Waals surface area contributed by atoms with Gasteiger partial charge in [0, 0.05) is 18.8 Å². The molecule has 0 heterocycles. The van der Waals surface area contributed by atoms with Crippen molar-refractivity contribution < 1.29 is 14.6 Å². The Bertz CT molecular complexity index is 832. The molecule has 4 heteroatoms. The Morgan fingerprint density at radius 1 is 0.769 bits per heavy atom. The van der Waals surface area contributed by atoms with Gasteiger partial charge >= 0.3 is 0 Å². The van der Waals surface area contributed by atoms with Crippen LogP contribution in [0.4, 0.5) is 5.69 Å². The van der Waals surface area contributed by atoms with Crippen molar-refractivity contribution in [3.05, 3.63) is 83.9 Å². The third-order valence-corrected chi connectivity index (χ3v) is 4.27. The van der Waals surface area contributed by atoms with Gasteiger partial charge in [-0.25, -0.2) is 0 Å². The number of hydrogen-bond donors (Lipinski definition) is 1. The largest absolute Gasteiger partial charge is 0.504 e. The van der Waals surface area contributed by atoms with Gasteiger partial charge in [-0.15, -0.1) is 0 Å². The first-order valence-electron chi connectivity index (χ1n) is 8.48. The van der Waals surface area contributed by atoms with Crippen LogP contribution >= 0.6 is 0 Å². The van der Waals surface area contributed by atoms with E-state index in [1.807, 2.05) is 48.5 Å². The summed E-state index contributed by atoms with van der Waals surface area (Å²) in [5, 5.41) is 10.1. The van der Waals surface area contributed by atoms with E-state index in [1.165, 1.54) is 5.56 Å². The van der Waals surface area contributed by atoms with Gasteiger partial charge in [0.25, 0.3) is 0 Å². The van der Waals surface area contributed by atoms with Crippen LogP contribution in [0.3, 0.4) is 0 Å². The third kappa shape index (κ3) is 4.28. The zero-order chi connectivity index (χ0) is 18.4. The maximum atomic E-state index is 10.1. The first kappa shape index (κ1) is 17.7. The van der Waals surface area contributed by atoms with Crippen LogP contribution in [0.25, 0.3) is 0 Å². The molecule has 26 heavy (non-hydrogen) atoms. The topological polar surface area (TPSA) is 41.9 Å². The molecule has 0 fully saturated rings. The Labute approximate surface area is 154 Å². The SMILES string of the molecule is COc1ccc(N(Cc2ccccc2)Cc2ccc(OC)c(O)c2)cc1. The predicted octanol–water partition coefficient (Wildman–Crippen LogP) is 4.62. The van der Waals surface area contributed by atoms with Crippen LogP contribution in [0.1, 0.15) is 11.1 Å². The number of ether oxygens (including phenoxy) is 2. The fraction of sp³-hybridized carbons (Fsp3) is 0.182. The summed E-state index contributed by atoms with van der Waals surface area (Å²) in [6, 6.07) is 23.8. The Balaban J connectivity index is 1.87. The zero-order valence-electron chi connectivity index (χ0n) is 15.1. The lowest BCUT2D eigenvalue weighted by Crippen LogP contribution is -2.22. The second kappa shape index (κ2) is 8.30. The molecule has 0 bridgehead atoms. The number of benzene rings is 3. The predicted molar refractivity (Wildman–Crippen MR) is 104 cm³/mol. The van der Waals surface area contributed by atoms with Crippen molar-refractivity contribution >= 4 is 5.69 Å².